The quantitative estimate of drug-likeness (QED) is 0.813. The average molecular weight is 343 g/mol. The zero-order valence-electron chi connectivity index (χ0n) is 9.84. The Hall–Kier alpha value is -1.53. The van der Waals surface area contributed by atoms with Crippen molar-refractivity contribution >= 4 is 33.2 Å². The number of benzene rings is 1. The third-order valence-corrected chi connectivity index (χ3v) is 3.66. The highest BCUT2D eigenvalue weighted by Crippen LogP contribution is 2.24. The van der Waals surface area contributed by atoms with Gasteiger partial charge >= 0.3 is 5.97 Å². The van der Waals surface area contributed by atoms with Gasteiger partial charge in [-0.15, -0.1) is 11.3 Å². The molecule has 0 saturated carbocycles. The Labute approximate surface area is 122 Å². The molecule has 1 aromatic carbocycles. The summed E-state index contributed by atoms with van der Waals surface area (Å²) in [7, 11) is 0. The van der Waals surface area contributed by atoms with Crippen molar-refractivity contribution in [3.63, 3.8) is 0 Å². The second kappa shape index (κ2) is 6.58. The highest BCUT2D eigenvalue weighted by atomic mass is 79.9. The molecule has 0 aliphatic heterocycles. The van der Waals surface area contributed by atoms with Gasteiger partial charge in [-0.05, 0) is 35.7 Å². The third-order valence-electron chi connectivity index (χ3n) is 2.25. The lowest BCUT2D eigenvalue weighted by molar-refractivity contribution is 0.0697. The first-order valence-electron chi connectivity index (χ1n) is 5.49. The first-order valence-corrected chi connectivity index (χ1v) is 7.16. The van der Waals surface area contributed by atoms with E-state index in [2.05, 4.69) is 15.9 Å². The molecule has 100 valence electrons. The highest BCUT2D eigenvalue weighted by molar-refractivity contribution is 9.10. The second-order valence-electron chi connectivity index (χ2n) is 3.57. The molecule has 0 amide bonds. The smallest absolute Gasteiger partial charge is 0.349 e. The van der Waals surface area contributed by atoms with Crippen LogP contribution in [-0.4, -0.2) is 24.3 Å². The fourth-order valence-corrected chi connectivity index (χ4v) is 2.35. The van der Waals surface area contributed by atoms with Crippen molar-refractivity contribution in [2.75, 3.05) is 13.2 Å². The summed E-state index contributed by atoms with van der Waals surface area (Å²) in [6.45, 7) is 0.656. The van der Waals surface area contributed by atoms with Crippen LogP contribution < -0.4 is 9.47 Å². The third kappa shape index (κ3) is 3.97. The monoisotopic (exact) mass is 342 g/mol. The number of hydrogen-bond acceptors (Lipinski definition) is 4. The van der Waals surface area contributed by atoms with Gasteiger partial charge in [-0.2, -0.15) is 0 Å². The lowest BCUT2D eigenvalue weighted by Gasteiger charge is -2.08. The zero-order chi connectivity index (χ0) is 13.7. The number of carbonyl (C=O) groups is 1. The molecule has 4 nitrogen and oxygen atoms in total. The summed E-state index contributed by atoms with van der Waals surface area (Å²) in [5.74, 6) is 0.159. The maximum atomic E-state index is 10.9. The van der Waals surface area contributed by atoms with Crippen molar-refractivity contribution in [1.82, 2.24) is 0 Å². The lowest BCUT2D eigenvalue weighted by atomic mass is 10.3. The number of halogens is 1. The van der Waals surface area contributed by atoms with Crippen LogP contribution in [-0.2, 0) is 0 Å². The number of carboxylic acids is 1. The predicted molar refractivity (Wildman–Crippen MR) is 76.4 cm³/mol. The first kappa shape index (κ1) is 13.9. The van der Waals surface area contributed by atoms with E-state index >= 15 is 0 Å². The van der Waals surface area contributed by atoms with E-state index in [0.29, 0.717) is 19.0 Å². The van der Waals surface area contributed by atoms with Crippen molar-refractivity contribution < 1.29 is 19.4 Å². The molecule has 2 aromatic rings. The molecule has 1 heterocycles. The van der Waals surface area contributed by atoms with Crippen molar-refractivity contribution in [2.24, 2.45) is 0 Å². The number of rotatable bonds is 6. The van der Waals surface area contributed by atoms with Crippen molar-refractivity contribution in [3.05, 3.63) is 45.1 Å². The summed E-state index contributed by atoms with van der Waals surface area (Å²) in [5, 5.41) is 10.6. The molecule has 0 radical (unpaired) electrons. The van der Waals surface area contributed by atoms with Gasteiger partial charge in [0, 0.05) is 4.47 Å². The van der Waals surface area contributed by atoms with Gasteiger partial charge in [-0.25, -0.2) is 4.79 Å². The largest absolute Gasteiger partial charge is 0.490 e. The van der Waals surface area contributed by atoms with Gasteiger partial charge in [-0.3, -0.25) is 0 Å². The normalized spacial score (nSPS) is 10.2. The molecule has 1 N–H and O–H groups in total. The lowest BCUT2D eigenvalue weighted by Crippen LogP contribution is -2.10. The maximum Gasteiger partial charge on any atom is 0.349 e. The zero-order valence-corrected chi connectivity index (χ0v) is 12.2. The summed E-state index contributed by atoms with van der Waals surface area (Å²) in [6.07, 6.45) is 0. The van der Waals surface area contributed by atoms with E-state index < -0.39 is 5.97 Å². The van der Waals surface area contributed by atoms with Crippen LogP contribution >= 0.6 is 27.3 Å². The molecular weight excluding hydrogens is 332 g/mol. The van der Waals surface area contributed by atoms with Crippen LogP contribution in [0, 0.1) is 0 Å². The van der Waals surface area contributed by atoms with Gasteiger partial charge in [0.1, 0.15) is 24.7 Å². The Balaban J connectivity index is 1.79. The molecule has 6 heteroatoms. The van der Waals surface area contributed by atoms with Crippen LogP contribution in [0.2, 0.25) is 0 Å². The molecule has 0 atom stereocenters. The molecule has 19 heavy (non-hydrogen) atoms. The fourth-order valence-electron chi connectivity index (χ4n) is 1.41. The Morgan fingerprint density at radius 1 is 1.16 bits per heavy atom. The average Bonchev–Trinajstić information content (AvgIpc) is 2.85. The molecule has 0 unspecified atom stereocenters. The van der Waals surface area contributed by atoms with E-state index in [1.54, 1.807) is 11.4 Å². The van der Waals surface area contributed by atoms with Crippen LogP contribution in [0.25, 0.3) is 0 Å². The van der Waals surface area contributed by atoms with Crippen molar-refractivity contribution in [1.29, 1.82) is 0 Å². The Morgan fingerprint density at radius 3 is 2.53 bits per heavy atom. The van der Waals surface area contributed by atoms with E-state index in [4.69, 9.17) is 14.6 Å². The SMILES string of the molecule is O=C(O)c1sccc1OCCOc1ccc(Br)cc1. The molecular formula is C13H11BrO4S. The van der Waals surface area contributed by atoms with Crippen molar-refractivity contribution in [2.45, 2.75) is 0 Å². The fraction of sp³-hybridized carbons (Fsp3) is 0.154. The molecule has 1 aromatic heterocycles. The van der Waals surface area contributed by atoms with Crippen molar-refractivity contribution in [3.8, 4) is 11.5 Å². The summed E-state index contributed by atoms with van der Waals surface area (Å²) < 4.78 is 11.8. The van der Waals surface area contributed by atoms with Crippen LogP contribution in [0.4, 0.5) is 0 Å². The molecule has 0 bridgehead atoms. The van der Waals surface area contributed by atoms with E-state index in [1.807, 2.05) is 24.3 Å². The highest BCUT2D eigenvalue weighted by Gasteiger charge is 2.12. The summed E-state index contributed by atoms with van der Waals surface area (Å²) >= 11 is 4.48. The Kier molecular flexibility index (Phi) is 4.81. The van der Waals surface area contributed by atoms with Gasteiger partial charge in [-0.1, -0.05) is 15.9 Å². The van der Waals surface area contributed by atoms with Gasteiger partial charge in [0.25, 0.3) is 0 Å². The Morgan fingerprint density at radius 2 is 1.84 bits per heavy atom. The van der Waals surface area contributed by atoms with Crippen LogP contribution in [0.5, 0.6) is 11.5 Å². The molecule has 0 aliphatic rings. The summed E-state index contributed by atoms with van der Waals surface area (Å²) in [6, 6.07) is 9.11. The number of hydrogen-bond donors (Lipinski definition) is 1. The van der Waals surface area contributed by atoms with E-state index in [1.165, 1.54) is 0 Å². The van der Waals surface area contributed by atoms with Crippen LogP contribution in [0.15, 0.2) is 40.2 Å². The van der Waals surface area contributed by atoms with Gasteiger partial charge in [0.05, 0.1) is 0 Å². The van der Waals surface area contributed by atoms with E-state index in [-0.39, 0.29) is 4.88 Å². The van der Waals surface area contributed by atoms with E-state index in [0.717, 1.165) is 21.6 Å². The Bertz CT molecular complexity index is 550. The number of thiophene rings is 1. The number of aromatic carboxylic acids is 1. The minimum Gasteiger partial charge on any atom is -0.490 e. The van der Waals surface area contributed by atoms with Gasteiger partial charge < -0.3 is 14.6 Å². The molecule has 0 spiro atoms. The van der Waals surface area contributed by atoms with Crippen LogP contribution in [0.3, 0.4) is 0 Å². The van der Waals surface area contributed by atoms with E-state index in [9.17, 15) is 4.79 Å². The summed E-state index contributed by atoms with van der Waals surface area (Å²) in [5.41, 5.74) is 0. The standard InChI is InChI=1S/C13H11BrO4S/c14-9-1-3-10(4-2-9)17-6-7-18-11-5-8-19-12(11)13(15)16/h1-5,8H,6-7H2,(H,15,16). The number of carboxylic acid groups (broad SMARTS) is 1. The first-order chi connectivity index (χ1) is 9.16. The molecule has 2 rings (SSSR count). The minimum absolute atomic E-state index is 0.212. The van der Waals surface area contributed by atoms with Gasteiger partial charge in [0.15, 0.2) is 4.88 Å². The summed E-state index contributed by atoms with van der Waals surface area (Å²) in [4.78, 5) is 11.1. The van der Waals surface area contributed by atoms with Crippen LogP contribution in [0.1, 0.15) is 9.67 Å². The minimum atomic E-state index is -0.973. The molecule has 0 saturated heterocycles. The second-order valence-corrected chi connectivity index (χ2v) is 5.40. The number of ether oxygens (including phenoxy) is 2. The van der Waals surface area contributed by atoms with Gasteiger partial charge in [0.2, 0.25) is 0 Å². The molecule has 0 fully saturated rings. The predicted octanol–water partition coefficient (Wildman–Crippen LogP) is 3.67. The molecule has 0 aliphatic carbocycles. The maximum absolute atomic E-state index is 10.9. The topological polar surface area (TPSA) is 55.8 Å².